The summed E-state index contributed by atoms with van der Waals surface area (Å²) in [6, 6.07) is 11.4. The molecule has 0 bridgehead atoms. The predicted molar refractivity (Wildman–Crippen MR) is 75.6 cm³/mol. The number of rotatable bonds is 4. The summed E-state index contributed by atoms with van der Waals surface area (Å²) in [7, 11) is 0. The van der Waals surface area contributed by atoms with Crippen LogP contribution in [0.25, 0.3) is 0 Å². The van der Waals surface area contributed by atoms with E-state index in [-0.39, 0.29) is 11.7 Å². The number of carbonyl (C=O) groups excluding carboxylic acids is 1. The van der Waals surface area contributed by atoms with Crippen LogP contribution in [-0.4, -0.2) is 10.8 Å². The van der Waals surface area contributed by atoms with E-state index in [2.05, 4.69) is 20.9 Å². The van der Waals surface area contributed by atoms with Crippen molar-refractivity contribution in [1.29, 1.82) is 0 Å². The zero-order valence-corrected chi connectivity index (χ0v) is 11.7. The second-order valence-corrected chi connectivity index (χ2v) is 5.26. The molecule has 0 spiro atoms. The lowest BCUT2D eigenvalue weighted by Gasteiger charge is -2.10. The average molecular weight is 304 g/mol. The smallest absolute Gasteiger partial charge is 0.165 e. The Hall–Kier alpha value is -1.48. The molecule has 3 heteroatoms. The topological polar surface area (TPSA) is 30.0 Å². The third-order valence-electron chi connectivity index (χ3n) is 2.81. The minimum atomic E-state index is -0.0384. The largest absolute Gasteiger partial charge is 0.294 e. The van der Waals surface area contributed by atoms with Gasteiger partial charge in [0.25, 0.3) is 0 Å². The summed E-state index contributed by atoms with van der Waals surface area (Å²) < 4.78 is 0.944. The number of carbonyl (C=O) groups is 1. The van der Waals surface area contributed by atoms with Crippen LogP contribution < -0.4 is 0 Å². The van der Waals surface area contributed by atoms with E-state index in [4.69, 9.17) is 0 Å². The van der Waals surface area contributed by atoms with Crippen molar-refractivity contribution in [2.45, 2.75) is 13.3 Å². The van der Waals surface area contributed by atoms with Crippen LogP contribution in [0.2, 0.25) is 0 Å². The SMILES string of the molecule is CC(Cc1cncc(Br)c1)C(=O)c1ccccc1. The number of hydrogen-bond donors (Lipinski definition) is 0. The lowest BCUT2D eigenvalue weighted by atomic mass is 9.94. The number of hydrogen-bond acceptors (Lipinski definition) is 2. The Morgan fingerprint density at radius 3 is 2.67 bits per heavy atom. The second-order valence-electron chi connectivity index (χ2n) is 4.35. The van der Waals surface area contributed by atoms with E-state index in [9.17, 15) is 4.79 Å². The minimum absolute atomic E-state index is 0.0384. The fourth-order valence-electron chi connectivity index (χ4n) is 1.90. The fraction of sp³-hybridized carbons (Fsp3) is 0.200. The molecule has 0 amide bonds. The zero-order chi connectivity index (χ0) is 13.0. The van der Waals surface area contributed by atoms with Crippen molar-refractivity contribution in [1.82, 2.24) is 4.98 Å². The van der Waals surface area contributed by atoms with Crippen molar-refractivity contribution < 1.29 is 4.79 Å². The molecule has 1 heterocycles. The van der Waals surface area contributed by atoms with Gasteiger partial charge < -0.3 is 0 Å². The van der Waals surface area contributed by atoms with Crippen molar-refractivity contribution in [3.05, 3.63) is 64.4 Å². The molecule has 0 aliphatic rings. The Balaban J connectivity index is 2.09. The van der Waals surface area contributed by atoms with E-state index in [0.29, 0.717) is 6.42 Å². The quantitative estimate of drug-likeness (QED) is 0.802. The van der Waals surface area contributed by atoms with E-state index < -0.39 is 0 Å². The predicted octanol–water partition coefficient (Wildman–Crippen LogP) is 3.91. The highest BCUT2D eigenvalue weighted by Crippen LogP contribution is 2.16. The molecular formula is C15H14BrNO. The van der Waals surface area contributed by atoms with Gasteiger partial charge in [0.2, 0.25) is 0 Å². The molecule has 2 aromatic rings. The van der Waals surface area contributed by atoms with Crippen LogP contribution in [0, 0.1) is 5.92 Å². The van der Waals surface area contributed by atoms with Crippen LogP contribution in [0.1, 0.15) is 22.8 Å². The van der Waals surface area contributed by atoms with Crippen molar-refractivity contribution >= 4 is 21.7 Å². The lowest BCUT2D eigenvalue weighted by molar-refractivity contribution is 0.0929. The number of pyridine rings is 1. The molecule has 2 nitrogen and oxygen atoms in total. The number of ketones is 1. The van der Waals surface area contributed by atoms with Crippen molar-refractivity contribution in [2.24, 2.45) is 5.92 Å². The maximum atomic E-state index is 12.2. The second kappa shape index (κ2) is 5.91. The van der Waals surface area contributed by atoms with Crippen LogP contribution in [0.5, 0.6) is 0 Å². The molecule has 2 rings (SSSR count). The Bertz CT molecular complexity index is 539. The first-order valence-electron chi connectivity index (χ1n) is 5.85. The average Bonchev–Trinajstić information content (AvgIpc) is 2.39. The highest BCUT2D eigenvalue weighted by atomic mass is 79.9. The molecule has 1 atom stereocenters. The Morgan fingerprint density at radius 1 is 1.28 bits per heavy atom. The monoisotopic (exact) mass is 303 g/mol. The number of halogens is 1. The highest BCUT2D eigenvalue weighted by molar-refractivity contribution is 9.10. The first-order valence-corrected chi connectivity index (χ1v) is 6.65. The Morgan fingerprint density at radius 2 is 2.00 bits per heavy atom. The van der Waals surface area contributed by atoms with Gasteiger partial charge in [0, 0.05) is 28.3 Å². The maximum Gasteiger partial charge on any atom is 0.165 e. The summed E-state index contributed by atoms with van der Waals surface area (Å²) in [4.78, 5) is 16.3. The lowest BCUT2D eigenvalue weighted by Crippen LogP contribution is -2.14. The highest BCUT2D eigenvalue weighted by Gasteiger charge is 2.15. The van der Waals surface area contributed by atoms with Gasteiger partial charge >= 0.3 is 0 Å². The fourth-order valence-corrected chi connectivity index (χ4v) is 2.31. The van der Waals surface area contributed by atoms with Crippen LogP contribution in [0.3, 0.4) is 0 Å². The molecule has 0 saturated carbocycles. The molecule has 18 heavy (non-hydrogen) atoms. The molecule has 0 radical (unpaired) electrons. The maximum absolute atomic E-state index is 12.2. The third-order valence-corrected chi connectivity index (χ3v) is 3.24. The summed E-state index contributed by atoms with van der Waals surface area (Å²) >= 11 is 3.39. The van der Waals surface area contributed by atoms with Gasteiger partial charge in [-0.2, -0.15) is 0 Å². The first-order chi connectivity index (χ1) is 8.66. The summed E-state index contributed by atoms with van der Waals surface area (Å²) in [6.07, 6.45) is 4.26. The molecule has 0 N–H and O–H groups in total. The summed E-state index contributed by atoms with van der Waals surface area (Å²) in [5.41, 5.74) is 1.84. The van der Waals surface area contributed by atoms with Crippen LogP contribution >= 0.6 is 15.9 Å². The normalized spacial score (nSPS) is 12.1. The van der Waals surface area contributed by atoms with Crippen molar-refractivity contribution in [3.63, 3.8) is 0 Å². The number of benzene rings is 1. The first kappa shape index (κ1) is 13.0. The number of nitrogens with zero attached hydrogens (tertiary/aromatic N) is 1. The molecular weight excluding hydrogens is 290 g/mol. The van der Waals surface area contributed by atoms with E-state index in [1.807, 2.05) is 43.3 Å². The van der Waals surface area contributed by atoms with Gasteiger partial charge in [0.1, 0.15) is 0 Å². The van der Waals surface area contributed by atoms with E-state index >= 15 is 0 Å². The van der Waals surface area contributed by atoms with Gasteiger partial charge in [-0.05, 0) is 34.0 Å². The van der Waals surface area contributed by atoms with Gasteiger partial charge in [-0.15, -0.1) is 0 Å². The van der Waals surface area contributed by atoms with E-state index in [1.165, 1.54) is 0 Å². The van der Waals surface area contributed by atoms with Gasteiger partial charge in [0.15, 0.2) is 5.78 Å². The standard InChI is InChI=1S/C15H14BrNO/c1-11(7-12-8-14(16)10-17-9-12)15(18)13-5-3-2-4-6-13/h2-6,8-11H,7H2,1H3. The van der Waals surface area contributed by atoms with Gasteiger partial charge in [-0.25, -0.2) is 0 Å². The van der Waals surface area contributed by atoms with Crippen LogP contribution in [0.15, 0.2) is 53.3 Å². The molecule has 0 saturated heterocycles. The molecule has 0 aliphatic carbocycles. The van der Waals surface area contributed by atoms with E-state index in [0.717, 1.165) is 15.6 Å². The Labute approximate surface area is 115 Å². The molecule has 92 valence electrons. The molecule has 0 aliphatic heterocycles. The van der Waals surface area contributed by atoms with Crippen LogP contribution in [0.4, 0.5) is 0 Å². The van der Waals surface area contributed by atoms with Gasteiger partial charge in [0.05, 0.1) is 0 Å². The van der Waals surface area contributed by atoms with Gasteiger partial charge in [-0.3, -0.25) is 9.78 Å². The Kier molecular flexibility index (Phi) is 4.26. The number of Topliss-reactive ketones (excluding diaryl/α,β-unsaturated/α-hetero) is 1. The number of aromatic nitrogens is 1. The molecule has 1 unspecified atom stereocenters. The third kappa shape index (κ3) is 3.26. The summed E-state index contributed by atoms with van der Waals surface area (Å²) in [5, 5.41) is 0. The van der Waals surface area contributed by atoms with Crippen molar-refractivity contribution in [2.75, 3.05) is 0 Å². The molecule has 1 aromatic carbocycles. The summed E-state index contributed by atoms with van der Waals surface area (Å²) in [5.74, 6) is 0.138. The van der Waals surface area contributed by atoms with Crippen LogP contribution in [-0.2, 0) is 6.42 Å². The minimum Gasteiger partial charge on any atom is -0.294 e. The molecule has 1 aromatic heterocycles. The van der Waals surface area contributed by atoms with E-state index in [1.54, 1.807) is 12.4 Å². The summed E-state index contributed by atoms with van der Waals surface area (Å²) in [6.45, 7) is 1.95. The van der Waals surface area contributed by atoms with Gasteiger partial charge in [-0.1, -0.05) is 37.3 Å². The molecule has 0 fully saturated rings. The van der Waals surface area contributed by atoms with Crippen molar-refractivity contribution in [3.8, 4) is 0 Å². The zero-order valence-electron chi connectivity index (χ0n) is 10.1.